The topological polar surface area (TPSA) is 63.3 Å². The van der Waals surface area contributed by atoms with E-state index >= 15 is 0 Å². The van der Waals surface area contributed by atoms with E-state index in [0.29, 0.717) is 6.42 Å². The lowest BCUT2D eigenvalue weighted by molar-refractivity contribution is -0.138. The van der Waals surface area contributed by atoms with Crippen LogP contribution in [0.3, 0.4) is 0 Å². The van der Waals surface area contributed by atoms with Crippen LogP contribution < -0.4 is 5.73 Å². The Kier molecular flexibility index (Phi) is 3.94. The highest BCUT2D eigenvalue weighted by Gasteiger charge is 2.27. The van der Waals surface area contributed by atoms with Crippen LogP contribution in [-0.2, 0) is 17.6 Å². The third kappa shape index (κ3) is 2.74. The van der Waals surface area contributed by atoms with Gasteiger partial charge in [0.1, 0.15) is 11.9 Å². The Morgan fingerprint density at radius 1 is 1.18 bits per heavy atom. The van der Waals surface area contributed by atoms with Crippen molar-refractivity contribution in [2.24, 2.45) is 5.73 Å². The minimum absolute atomic E-state index is 0.111. The van der Waals surface area contributed by atoms with E-state index in [1.807, 2.05) is 18.2 Å². The smallest absolute Gasteiger partial charge is 0.320 e. The molecule has 0 radical (unpaired) electrons. The second-order valence-corrected chi connectivity index (χ2v) is 5.77. The van der Waals surface area contributed by atoms with Crippen LogP contribution in [0.2, 0.25) is 0 Å². The van der Waals surface area contributed by atoms with Crippen molar-refractivity contribution in [2.45, 2.75) is 31.2 Å². The van der Waals surface area contributed by atoms with Crippen LogP contribution in [0.1, 0.15) is 34.6 Å². The van der Waals surface area contributed by atoms with Gasteiger partial charge in [0.15, 0.2) is 0 Å². The van der Waals surface area contributed by atoms with Gasteiger partial charge < -0.3 is 10.8 Å². The van der Waals surface area contributed by atoms with Crippen molar-refractivity contribution in [1.82, 2.24) is 0 Å². The summed E-state index contributed by atoms with van der Waals surface area (Å²) in [5.41, 5.74) is 9.98. The van der Waals surface area contributed by atoms with Crippen molar-refractivity contribution in [1.29, 1.82) is 0 Å². The molecular weight excluding hydrogens is 281 g/mol. The van der Waals surface area contributed by atoms with Gasteiger partial charge in [-0.2, -0.15) is 0 Å². The maximum absolute atomic E-state index is 13.6. The zero-order valence-electron chi connectivity index (χ0n) is 12.1. The van der Waals surface area contributed by atoms with Gasteiger partial charge in [-0.05, 0) is 53.6 Å². The molecule has 3 rings (SSSR count). The second-order valence-electron chi connectivity index (χ2n) is 5.77. The van der Waals surface area contributed by atoms with Gasteiger partial charge in [0, 0.05) is 5.92 Å². The molecule has 0 saturated carbocycles. The van der Waals surface area contributed by atoms with Gasteiger partial charge in [-0.1, -0.05) is 30.3 Å². The summed E-state index contributed by atoms with van der Waals surface area (Å²) in [6.45, 7) is 0. The van der Waals surface area contributed by atoms with Crippen molar-refractivity contribution >= 4 is 5.97 Å². The molecule has 3 nitrogen and oxygen atoms in total. The standard InChI is InChI=1S/C18H18FNO2/c19-13-7-8-15-12(9-13)6-5-11-3-1-2-4-14(11)16(15)10-17(20)18(21)22/h1-4,7-9,16-17H,5-6,10,20H2,(H,21,22). The van der Waals surface area contributed by atoms with E-state index < -0.39 is 12.0 Å². The summed E-state index contributed by atoms with van der Waals surface area (Å²) in [6.07, 6.45) is 1.89. The zero-order chi connectivity index (χ0) is 15.7. The normalized spacial score (nSPS) is 18.0. The summed E-state index contributed by atoms with van der Waals surface area (Å²) in [4.78, 5) is 11.2. The third-order valence-electron chi connectivity index (χ3n) is 4.38. The average molecular weight is 299 g/mol. The van der Waals surface area contributed by atoms with E-state index in [0.717, 1.165) is 29.5 Å². The SMILES string of the molecule is NC(CC1c2ccccc2CCc2cc(F)ccc21)C(=O)O. The second kappa shape index (κ2) is 5.89. The largest absolute Gasteiger partial charge is 0.480 e. The van der Waals surface area contributed by atoms with E-state index in [1.165, 1.54) is 11.6 Å². The molecular formula is C18H18FNO2. The van der Waals surface area contributed by atoms with Gasteiger partial charge in [-0.25, -0.2) is 4.39 Å². The van der Waals surface area contributed by atoms with Crippen LogP contribution in [0.4, 0.5) is 4.39 Å². The van der Waals surface area contributed by atoms with Crippen LogP contribution in [0, 0.1) is 5.82 Å². The average Bonchev–Trinajstić information content (AvgIpc) is 2.65. The lowest BCUT2D eigenvalue weighted by atomic mass is 9.83. The molecule has 1 aliphatic rings. The number of carboxylic acid groups (broad SMARTS) is 1. The van der Waals surface area contributed by atoms with Crippen molar-refractivity contribution < 1.29 is 14.3 Å². The quantitative estimate of drug-likeness (QED) is 0.916. The van der Waals surface area contributed by atoms with Gasteiger partial charge in [-0.3, -0.25) is 4.79 Å². The Bertz CT molecular complexity index is 714. The number of fused-ring (bicyclic) bond motifs is 2. The number of hydrogen-bond acceptors (Lipinski definition) is 2. The Morgan fingerprint density at radius 2 is 1.86 bits per heavy atom. The fourth-order valence-electron chi connectivity index (χ4n) is 3.28. The predicted molar refractivity (Wildman–Crippen MR) is 82.3 cm³/mol. The summed E-state index contributed by atoms with van der Waals surface area (Å²) in [6, 6.07) is 11.8. The molecule has 0 saturated heterocycles. The van der Waals surface area contributed by atoms with Gasteiger partial charge in [0.25, 0.3) is 0 Å². The molecule has 114 valence electrons. The van der Waals surface area contributed by atoms with Crippen molar-refractivity contribution in [3.63, 3.8) is 0 Å². The molecule has 2 unspecified atom stereocenters. The van der Waals surface area contributed by atoms with Crippen LogP contribution in [-0.4, -0.2) is 17.1 Å². The van der Waals surface area contributed by atoms with Crippen LogP contribution in [0.25, 0.3) is 0 Å². The summed E-state index contributed by atoms with van der Waals surface area (Å²) < 4.78 is 13.6. The first-order valence-corrected chi connectivity index (χ1v) is 7.41. The molecule has 22 heavy (non-hydrogen) atoms. The number of carboxylic acids is 1. The summed E-state index contributed by atoms with van der Waals surface area (Å²) in [7, 11) is 0. The third-order valence-corrected chi connectivity index (χ3v) is 4.38. The Balaban J connectivity index is 2.10. The number of hydrogen-bond donors (Lipinski definition) is 2. The maximum atomic E-state index is 13.6. The molecule has 2 aromatic carbocycles. The lowest BCUT2D eigenvalue weighted by Crippen LogP contribution is -2.32. The van der Waals surface area contributed by atoms with Gasteiger partial charge in [-0.15, -0.1) is 0 Å². The summed E-state index contributed by atoms with van der Waals surface area (Å²) in [5, 5.41) is 9.14. The number of benzene rings is 2. The van der Waals surface area contributed by atoms with Crippen molar-refractivity contribution in [3.8, 4) is 0 Å². The highest BCUT2D eigenvalue weighted by atomic mass is 19.1. The minimum atomic E-state index is -1.01. The van der Waals surface area contributed by atoms with Crippen molar-refractivity contribution in [3.05, 3.63) is 70.5 Å². The Labute approximate surface area is 128 Å². The first kappa shape index (κ1) is 14.7. The van der Waals surface area contributed by atoms with Crippen molar-refractivity contribution in [2.75, 3.05) is 0 Å². The molecule has 1 aliphatic carbocycles. The molecule has 0 spiro atoms. The monoisotopic (exact) mass is 299 g/mol. The van der Waals surface area contributed by atoms with E-state index in [2.05, 4.69) is 6.07 Å². The van der Waals surface area contributed by atoms with E-state index in [9.17, 15) is 9.18 Å². The Hall–Kier alpha value is -2.20. The number of carbonyl (C=O) groups is 1. The highest BCUT2D eigenvalue weighted by molar-refractivity contribution is 5.73. The maximum Gasteiger partial charge on any atom is 0.320 e. The van der Waals surface area contributed by atoms with Crippen LogP contribution >= 0.6 is 0 Å². The minimum Gasteiger partial charge on any atom is -0.480 e. The van der Waals surface area contributed by atoms with Crippen LogP contribution in [0.15, 0.2) is 42.5 Å². The summed E-state index contributed by atoms with van der Waals surface area (Å²) in [5.74, 6) is -1.38. The zero-order valence-corrected chi connectivity index (χ0v) is 12.1. The fraction of sp³-hybridized carbons (Fsp3) is 0.278. The first-order valence-electron chi connectivity index (χ1n) is 7.41. The molecule has 3 N–H and O–H groups in total. The molecule has 4 heteroatoms. The first-order chi connectivity index (χ1) is 10.6. The van der Waals surface area contributed by atoms with Gasteiger partial charge in [0.2, 0.25) is 0 Å². The van der Waals surface area contributed by atoms with Gasteiger partial charge in [0.05, 0.1) is 0 Å². The van der Waals surface area contributed by atoms with E-state index in [4.69, 9.17) is 10.8 Å². The van der Waals surface area contributed by atoms with E-state index in [1.54, 1.807) is 12.1 Å². The number of rotatable bonds is 3. The van der Waals surface area contributed by atoms with Gasteiger partial charge >= 0.3 is 5.97 Å². The Morgan fingerprint density at radius 3 is 2.64 bits per heavy atom. The summed E-state index contributed by atoms with van der Waals surface area (Å²) >= 11 is 0. The molecule has 0 heterocycles. The molecule has 0 aromatic heterocycles. The molecule has 2 aromatic rings. The molecule has 0 amide bonds. The lowest BCUT2D eigenvalue weighted by Gasteiger charge is -2.22. The fourth-order valence-corrected chi connectivity index (χ4v) is 3.28. The number of aryl methyl sites for hydroxylation is 2. The predicted octanol–water partition coefficient (Wildman–Crippen LogP) is 2.86. The number of aliphatic carboxylic acids is 1. The highest BCUT2D eigenvalue weighted by Crippen LogP contribution is 2.37. The molecule has 0 fully saturated rings. The molecule has 2 atom stereocenters. The van der Waals surface area contributed by atoms with E-state index in [-0.39, 0.29) is 11.7 Å². The number of halogens is 1. The molecule has 0 aliphatic heterocycles. The molecule has 0 bridgehead atoms. The number of nitrogens with two attached hydrogens (primary N) is 1. The van der Waals surface area contributed by atoms with Crippen LogP contribution in [0.5, 0.6) is 0 Å².